The molecule has 2 amide bonds. The molecule has 2 N–H and O–H groups in total. The van der Waals surface area contributed by atoms with Crippen molar-refractivity contribution in [1.29, 1.82) is 0 Å². The van der Waals surface area contributed by atoms with Crippen molar-refractivity contribution in [3.05, 3.63) is 29.8 Å². The van der Waals surface area contributed by atoms with E-state index in [4.69, 9.17) is 4.74 Å². The van der Waals surface area contributed by atoms with Crippen molar-refractivity contribution in [2.45, 2.75) is 62.8 Å². The normalized spacial score (nSPS) is 27.6. The van der Waals surface area contributed by atoms with Crippen LogP contribution in [-0.2, 0) is 16.1 Å². The summed E-state index contributed by atoms with van der Waals surface area (Å²) in [6.07, 6.45) is 4.48. The number of piperidine rings is 1. The Balaban J connectivity index is 1.29. The first kappa shape index (κ1) is 24.0. The number of carbonyl (C=O) groups excluding carboxylic acids is 2. The predicted octanol–water partition coefficient (Wildman–Crippen LogP) is 1.06. The molecule has 3 atom stereocenters. The van der Waals surface area contributed by atoms with Crippen LogP contribution in [0, 0.1) is 0 Å². The summed E-state index contributed by atoms with van der Waals surface area (Å²) >= 11 is 0. The maximum absolute atomic E-state index is 13.1. The third kappa shape index (κ3) is 5.67. The lowest BCUT2D eigenvalue weighted by Gasteiger charge is -2.39. The lowest BCUT2D eigenvalue weighted by Crippen LogP contribution is -2.54. The van der Waals surface area contributed by atoms with Crippen LogP contribution < -0.4 is 15.4 Å². The Hall–Kier alpha value is -2.16. The number of methoxy groups -OCH3 is 1. The van der Waals surface area contributed by atoms with Crippen LogP contribution in [0.3, 0.4) is 0 Å². The van der Waals surface area contributed by atoms with Crippen LogP contribution in [0.4, 0.5) is 0 Å². The highest BCUT2D eigenvalue weighted by Gasteiger charge is 2.47. The molecule has 33 heavy (non-hydrogen) atoms. The number of ether oxygens (including phenoxy) is 1. The summed E-state index contributed by atoms with van der Waals surface area (Å²) in [5, 5.41) is 6.21. The van der Waals surface area contributed by atoms with Crippen LogP contribution in [0.5, 0.6) is 5.75 Å². The standard InChI is InChI=1S/C25H39N5O3/c1-28-13-10-19(11-14-28)30-15-12-22-24(30)25(32)27-17-20(29(22)2)6-9-23(31)26-16-18-4-7-21(33-3)8-5-18/h4-5,7-8,19-20,22,24H,6,9-17H2,1-3H3,(H,26,31)(H,27,32)/t20-,22+,24-/m0/s1. The molecular formula is C25H39N5O3. The van der Waals surface area contributed by atoms with E-state index in [0.29, 0.717) is 25.6 Å². The molecule has 8 nitrogen and oxygen atoms in total. The van der Waals surface area contributed by atoms with Crippen molar-refractivity contribution in [2.24, 2.45) is 0 Å². The minimum absolute atomic E-state index is 0.0470. The highest BCUT2D eigenvalue weighted by Crippen LogP contribution is 2.31. The number of rotatable bonds is 7. The molecule has 1 aromatic rings. The maximum Gasteiger partial charge on any atom is 0.239 e. The van der Waals surface area contributed by atoms with Gasteiger partial charge in [0, 0.05) is 44.2 Å². The third-order valence-corrected chi connectivity index (χ3v) is 7.79. The molecule has 0 aliphatic carbocycles. The van der Waals surface area contributed by atoms with Gasteiger partial charge in [-0.05, 0) is 70.6 Å². The van der Waals surface area contributed by atoms with E-state index in [1.807, 2.05) is 24.3 Å². The second-order valence-corrected chi connectivity index (χ2v) is 9.80. The number of fused-ring (bicyclic) bond motifs is 1. The number of nitrogens with zero attached hydrogens (tertiary/aromatic N) is 3. The highest BCUT2D eigenvalue weighted by molar-refractivity contribution is 5.83. The largest absolute Gasteiger partial charge is 0.497 e. The number of carbonyl (C=O) groups is 2. The molecule has 8 heteroatoms. The Labute approximate surface area is 197 Å². The maximum atomic E-state index is 13.1. The van der Waals surface area contributed by atoms with E-state index in [-0.39, 0.29) is 29.9 Å². The van der Waals surface area contributed by atoms with Gasteiger partial charge in [-0.3, -0.25) is 19.4 Å². The first-order valence-corrected chi connectivity index (χ1v) is 12.3. The van der Waals surface area contributed by atoms with Crippen LogP contribution in [-0.4, -0.2) is 98.1 Å². The average molecular weight is 458 g/mol. The topological polar surface area (TPSA) is 77.1 Å². The van der Waals surface area contributed by atoms with E-state index < -0.39 is 0 Å². The molecule has 3 aliphatic heterocycles. The molecular weight excluding hydrogens is 418 g/mol. The molecule has 3 fully saturated rings. The quantitative estimate of drug-likeness (QED) is 0.638. The summed E-state index contributed by atoms with van der Waals surface area (Å²) in [5.74, 6) is 1.02. The Bertz CT molecular complexity index is 809. The number of likely N-dealkylation sites (N-methyl/N-ethyl adjacent to an activating group) is 1. The van der Waals surface area contributed by atoms with Crippen molar-refractivity contribution in [1.82, 2.24) is 25.3 Å². The van der Waals surface area contributed by atoms with Crippen LogP contribution in [0.1, 0.15) is 37.7 Å². The molecule has 3 aliphatic rings. The molecule has 1 aromatic carbocycles. The van der Waals surface area contributed by atoms with Crippen LogP contribution >= 0.6 is 0 Å². The number of likely N-dealkylation sites (tertiary alicyclic amines) is 2. The van der Waals surface area contributed by atoms with E-state index in [1.54, 1.807) is 7.11 Å². The Kier molecular flexibility index (Phi) is 7.88. The zero-order valence-electron chi connectivity index (χ0n) is 20.3. The summed E-state index contributed by atoms with van der Waals surface area (Å²) in [6, 6.07) is 8.55. The van der Waals surface area contributed by atoms with Gasteiger partial charge in [0.1, 0.15) is 11.8 Å². The summed E-state index contributed by atoms with van der Waals surface area (Å²) in [7, 11) is 5.95. The summed E-state index contributed by atoms with van der Waals surface area (Å²) in [5.41, 5.74) is 1.05. The fourth-order valence-electron chi connectivity index (χ4n) is 5.66. The van der Waals surface area contributed by atoms with E-state index in [9.17, 15) is 9.59 Å². The third-order valence-electron chi connectivity index (χ3n) is 7.79. The molecule has 4 rings (SSSR count). The Morgan fingerprint density at radius 1 is 1.12 bits per heavy atom. The number of hydrogen-bond acceptors (Lipinski definition) is 6. The van der Waals surface area contributed by atoms with E-state index in [0.717, 1.165) is 56.6 Å². The van der Waals surface area contributed by atoms with Gasteiger partial charge < -0.3 is 20.3 Å². The zero-order chi connectivity index (χ0) is 23.4. The number of nitrogens with one attached hydrogen (secondary N) is 2. The molecule has 0 radical (unpaired) electrons. The van der Waals surface area contributed by atoms with Crippen molar-refractivity contribution in [3.63, 3.8) is 0 Å². The number of hydrogen-bond donors (Lipinski definition) is 2. The lowest BCUT2D eigenvalue weighted by molar-refractivity contribution is -0.127. The fourth-order valence-corrected chi connectivity index (χ4v) is 5.66. The van der Waals surface area contributed by atoms with Crippen molar-refractivity contribution in [3.8, 4) is 5.75 Å². The van der Waals surface area contributed by atoms with Gasteiger partial charge in [0.2, 0.25) is 11.8 Å². The first-order valence-electron chi connectivity index (χ1n) is 12.3. The van der Waals surface area contributed by atoms with E-state index >= 15 is 0 Å². The summed E-state index contributed by atoms with van der Waals surface area (Å²) in [4.78, 5) is 32.8. The molecule has 0 unspecified atom stereocenters. The molecule has 3 saturated heterocycles. The van der Waals surface area contributed by atoms with Crippen molar-refractivity contribution in [2.75, 3.05) is 47.4 Å². The minimum atomic E-state index is -0.0719. The second kappa shape index (κ2) is 10.8. The van der Waals surface area contributed by atoms with Gasteiger partial charge >= 0.3 is 0 Å². The molecule has 182 valence electrons. The van der Waals surface area contributed by atoms with Crippen molar-refractivity contribution >= 4 is 11.8 Å². The van der Waals surface area contributed by atoms with Crippen molar-refractivity contribution < 1.29 is 14.3 Å². The van der Waals surface area contributed by atoms with Gasteiger partial charge in [-0.2, -0.15) is 0 Å². The molecule has 0 bridgehead atoms. The van der Waals surface area contributed by atoms with Crippen LogP contribution in [0.25, 0.3) is 0 Å². The van der Waals surface area contributed by atoms with E-state index in [1.165, 1.54) is 0 Å². The van der Waals surface area contributed by atoms with Gasteiger partial charge in [-0.25, -0.2) is 0 Å². The average Bonchev–Trinajstić information content (AvgIpc) is 3.23. The predicted molar refractivity (Wildman–Crippen MR) is 128 cm³/mol. The monoisotopic (exact) mass is 457 g/mol. The van der Waals surface area contributed by atoms with Gasteiger partial charge in [0.25, 0.3) is 0 Å². The molecule has 0 aromatic heterocycles. The number of amides is 2. The molecule has 0 saturated carbocycles. The smallest absolute Gasteiger partial charge is 0.239 e. The molecule has 3 heterocycles. The van der Waals surface area contributed by atoms with Crippen LogP contribution in [0.2, 0.25) is 0 Å². The number of benzene rings is 1. The fraction of sp³-hybridized carbons (Fsp3) is 0.680. The highest BCUT2D eigenvalue weighted by atomic mass is 16.5. The first-order chi connectivity index (χ1) is 16.0. The Morgan fingerprint density at radius 2 is 1.85 bits per heavy atom. The second-order valence-electron chi connectivity index (χ2n) is 9.80. The van der Waals surface area contributed by atoms with Gasteiger partial charge in [0.15, 0.2) is 0 Å². The lowest BCUT2D eigenvalue weighted by atomic mass is 10.0. The van der Waals surface area contributed by atoms with E-state index in [2.05, 4.69) is 39.4 Å². The Morgan fingerprint density at radius 3 is 2.55 bits per heavy atom. The zero-order valence-corrected chi connectivity index (χ0v) is 20.3. The summed E-state index contributed by atoms with van der Waals surface area (Å²) in [6.45, 7) is 4.30. The summed E-state index contributed by atoms with van der Waals surface area (Å²) < 4.78 is 5.18. The SMILES string of the molecule is COc1ccc(CNC(=O)CC[C@H]2CNC(=O)[C@@H]3[C@@H](CCN3C3CCN(C)CC3)N2C)cc1. The molecule has 0 spiro atoms. The van der Waals surface area contributed by atoms with Crippen LogP contribution in [0.15, 0.2) is 24.3 Å². The van der Waals surface area contributed by atoms with Gasteiger partial charge in [-0.15, -0.1) is 0 Å². The van der Waals surface area contributed by atoms with Gasteiger partial charge in [-0.1, -0.05) is 12.1 Å². The van der Waals surface area contributed by atoms with Gasteiger partial charge in [0.05, 0.1) is 7.11 Å². The minimum Gasteiger partial charge on any atom is -0.497 e.